The predicted octanol–water partition coefficient (Wildman–Crippen LogP) is 1.43. The van der Waals surface area contributed by atoms with Crippen molar-refractivity contribution in [3.8, 4) is 0 Å². The summed E-state index contributed by atoms with van der Waals surface area (Å²) in [6, 6.07) is 7.24. The molecule has 1 heterocycles. The molecule has 0 spiro atoms. The number of benzene rings is 1. The van der Waals surface area contributed by atoms with Crippen molar-refractivity contribution in [3.05, 3.63) is 53.6 Å². The Kier molecular flexibility index (Phi) is 4.65. The van der Waals surface area contributed by atoms with Crippen LogP contribution in [0.2, 0.25) is 0 Å². The zero-order chi connectivity index (χ0) is 15.2. The molecule has 0 saturated carbocycles. The maximum absolute atomic E-state index is 12.7. The number of nitrogens with zero attached hydrogens (tertiary/aromatic N) is 2. The van der Waals surface area contributed by atoms with Crippen molar-refractivity contribution in [3.63, 3.8) is 0 Å². The molecule has 0 aliphatic heterocycles. The van der Waals surface area contributed by atoms with E-state index < -0.39 is 5.97 Å². The third kappa shape index (κ3) is 4.41. The number of aromatic carboxylic acids is 1. The van der Waals surface area contributed by atoms with Crippen LogP contribution in [-0.4, -0.2) is 26.8 Å². The van der Waals surface area contributed by atoms with Crippen LogP contribution in [0.25, 0.3) is 0 Å². The number of amides is 1. The summed E-state index contributed by atoms with van der Waals surface area (Å²) in [6.07, 6.45) is 1.69. The molecule has 0 aliphatic rings. The summed E-state index contributed by atoms with van der Waals surface area (Å²) < 4.78 is 14.1. The van der Waals surface area contributed by atoms with Crippen molar-refractivity contribution < 1.29 is 19.1 Å². The topological polar surface area (TPSA) is 84.2 Å². The first-order chi connectivity index (χ1) is 10.0. The summed E-state index contributed by atoms with van der Waals surface area (Å²) in [6.45, 7) is 0.612. The fourth-order valence-corrected chi connectivity index (χ4v) is 1.71. The normalized spacial score (nSPS) is 10.3. The summed E-state index contributed by atoms with van der Waals surface area (Å²) in [5, 5.41) is 15.2. The highest BCUT2D eigenvalue weighted by Gasteiger charge is 2.08. The second-order valence-electron chi connectivity index (χ2n) is 4.42. The molecular formula is C14H14FN3O3. The number of nitrogens with one attached hydrogen (secondary N) is 1. The van der Waals surface area contributed by atoms with Crippen molar-refractivity contribution in [2.75, 3.05) is 0 Å². The number of hydrogen-bond donors (Lipinski definition) is 2. The second kappa shape index (κ2) is 6.65. The molecule has 0 saturated heterocycles. The molecule has 2 rings (SSSR count). The number of carbonyl (C=O) groups excluding carboxylic acids is 1. The monoisotopic (exact) mass is 291 g/mol. The highest BCUT2D eigenvalue weighted by atomic mass is 19.1. The van der Waals surface area contributed by atoms with Gasteiger partial charge >= 0.3 is 5.97 Å². The first-order valence-electron chi connectivity index (χ1n) is 6.32. The minimum atomic E-state index is -1.10. The molecule has 0 fully saturated rings. The number of aryl methyl sites for hydroxylation is 1. The lowest BCUT2D eigenvalue weighted by atomic mass is 10.2. The van der Waals surface area contributed by atoms with Gasteiger partial charge in [-0.25, -0.2) is 9.18 Å². The highest BCUT2D eigenvalue weighted by molar-refractivity contribution is 5.85. The third-order valence-corrected chi connectivity index (χ3v) is 2.83. The zero-order valence-electron chi connectivity index (χ0n) is 11.1. The summed E-state index contributed by atoms with van der Waals surface area (Å²) in [5.41, 5.74) is 0.749. The van der Waals surface area contributed by atoms with Crippen molar-refractivity contribution >= 4 is 11.9 Å². The van der Waals surface area contributed by atoms with E-state index in [2.05, 4.69) is 10.4 Å². The van der Waals surface area contributed by atoms with Crippen LogP contribution in [-0.2, 0) is 17.9 Å². The fraction of sp³-hybridized carbons (Fsp3) is 0.214. The first kappa shape index (κ1) is 14.7. The quantitative estimate of drug-likeness (QED) is 0.843. The Labute approximate surface area is 120 Å². The minimum absolute atomic E-state index is 0.0540. The van der Waals surface area contributed by atoms with E-state index in [0.717, 1.165) is 5.56 Å². The maximum Gasteiger partial charge on any atom is 0.356 e. The Bertz CT molecular complexity index is 637. The van der Waals surface area contributed by atoms with Gasteiger partial charge in [0.05, 0.1) is 0 Å². The van der Waals surface area contributed by atoms with Crippen LogP contribution < -0.4 is 5.32 Å². The molecule has 0 atom stereocenters. The number of aromatic nitrogens is 2. The molecule has 0 radical (unpaired) electrons. The summed E-state index contributed by atoms with van der Waals surface area (Å²) in [4.78, 5) is 22.3. The van der Waals surface area contributed by atoms with Crippen LogP contribution in [0.4, 0.5) is 4.39 Å². The predicted molar refractivity (Wildman–Crippen MR) is 72.1 cm³/mol. The van der Waals surface area contributed by atoms with Gasteiger partial charge in [0, 0.05) is 25.7 Å². The van der Waals surface area contributed by atoms with E-state index in [4.69, 9.17) is 5.11 Å². The van der Waals surface area contributed by atoms with Crippen LogP contribution in [0.5, 0.6) is 0 Å². The molecule has 1 aromatic carbocycles. The smallest absolute Gasteiger partial charge is 0.356 e. The molecule has 1 aromatic heterocycles. The van der Waals surface area contributed by atoms with Crippen LogP contribution in [0.15, 0.2) is 36.5 Å². The molecule has 7 heteroatoms. The maximum atomic E-state index is 12.7. The first-order valence-corrected chi connectivity index (χ1v) is 6.32. The summed E-state index contributed by atoms with van der Waals surface area (Å²) in [5.74, 6) is -1.61. The zero-order valence-corrected chi connectivity index (χ0v) is 11.1. The Morgan fingerprint density at radius 2 is 1.95 bits per heavy atom. The van der Waals surface area contributed by atoms with Gasteiger partial charge in [-0.3, -0.25) is 9.48 Å². The molecule has 0 aliphatic carbocycles. The molecule has 0 unspecified atom stereocenters. The van der Waals surface area contributed by atoms with E-state index >= 15 is 0 Å². The average Bonchev–Trinajstić information content (AvgIpc) is 2.93. The van der Waals surface area contributed by atoms with Crippen LogP contribution in [0.3, 0.4) is 0 Å². The van der Waals surface area contributed by atoms with E-state index in [9.17, 15) is 14.0 Å². The second-order valence-corrected chi connectivity index (χ2v) is 4.42. The lowest BCUT2D eigenvalue weighted by Gasteiger charge is -2.05. The van der Waals surface area contributed by atoms with Crippen molar-refractivity contribution in [2.24, 2.45) is 0 Å². The Hall–Kier alpha value is -2.70. The van der Waals surface area contributed by atoms with E-state index in [-0.39, 0.29) is 23.8 Å². The van der Waals surface area contributed by atoms with Crippen LogP contribution in [0, 0.1) is 5.82 Å². The van der Waals surface area contributed by atoms with Gasteiger partial charge in [0.25, 0.3) is 0 Å². The molecule has 1 amide bonds. The van der Waals surface area contributed by atoms with Gasteiger partial charge in [-0.1, -0.05) is 12.1 Å². The van der Waals surface area contributed by atoms with Crippen LogP contribution in [0.1, 0.15) is 22.5 Å². The lowest BCUT2D eigenvalue weighted by Crippen LogP contribution is -2.24. The Morgan fingerprint density at radius 3 is 2.57 bits per heavy atom. The number of carboxylic acid groups (broad SMARTS) is 1. The van der Waals surface area contributed by atoms with Crippen LogP contribution >= 0.6 is 0 Å². The van der Waals surface area contributed by atoms with Gasteiger partial charge < -0.3 is 10.4 Å². The number of hydrogen-bond acceptors (Lipinski definition) is 3. The number of rotatable bonds is 6. The highest BCUT2D eigenvalue weighted by Crippen LogP contribution is 2.02. The largest absolute Gasteiger partial charge is 0.476 e. The van der Waals surface area contributed by atoms with Crippen molar-refractivity contribution in [2.45, 2.75) is 19.5 Å². The van der Waals surface area contributed by atoms with E-state index in [1.54, 1.807) is 12.1 Å². The molecule has 110 valence electrons. The summed E-state index contributed by atoms with van der Waals surface area (Å²) >= 11 is 0. The summed E-state index contributed by atoms with van der Waals surface area (Å²) in [7, 11) is 0. The van der Waals surface area contributed by atoms with Gasteiger partial charge in [-0.05, 0) is 23.8 Å². The van der Waals surface area contributed by atoms with Gasteiger partial charge in [-0.15, -0.1) is 0 Å². The molecule has 2 N–H and O–H groups in total. The molecule has 21 heavy (non-hydrogen) atoms. The average molecular weight is 291 g/mol. The minimum Gasteiger partial charge on any atom is -0.476 e. The van der Waals surface area contributed by atoms with Crippen molar-refractivity contribution in [1.29, 1.82) is 0 Å². The lowest BCUT2D eigenvalue weighted by molar-refractivity contribution is -0.121. The van der Waals surface area contributed by atoms with Gasteiger partial charge in [0.15, 0.2) is 5.69 Å². The Morgan fingerprint density at radius 1 is 1.24 bits per heavy atom. The molecule has 0 bridgehead atoms. The molecular weight excluding hydrogens is 277 g/mol. The fourth-order valence-electron chi connectivity index (χ4n) is 1.71. The van der Waals surface area contributed by atoms with Crippen molar-refractivity contribution in [1.82, 2.24) is 15.1 Å². The number of halogens is 1. The van der Waals surface area contributed by atoms with E-state index in [1.807, 2.05) is 0 Å². The SMILES string of the molecule is O=C(CCn1ccc(C(=O)O)n1)NCc1ccc(F)cc1. The van der Waals surface area contributed by atoms with Gasteiger partial charge in [0.2, 0.25) is 5.91 Å². The van der Waals surface area contributed by atoms with Gasteiger partial charge in [-0.2, -0.15) is 5.10 Å². The Balaban J connectivity index is 1.76. The third-order valence-electron chi connectivity index (χ3n) is 2.83. The van der Waals surface area contributed by atoms with E-state index in [1.165, 1.54) is 29.1 Å². The van der Waals surface area contributed by atoms with E-state index in [0.29, 0.717) is 13.1 Å². The number of carbonyl (C=O) groups is 2. The van der Waals surface area contributed by atoms with Gasteiger partial charge in [0.1, 0.15) is 5.82 Å². The standard InChI is InChI=1S/C14H14FN3O3/c15-11-3-1-10(2-4-11)9-16-13(19)6-8-18-7-5-12(17-18)14(20)21/h1-5,7H,6,8-9H2,(H,16,19)(H,20,21). The molecule has 6 nitrogen and oxygen atoms in total. The number of carboxylic acids is 1. The molecule has 2 aromatic rings.